The van der Waals surface area contributed by atoms with Crippen LogP contribution in [0.2, 0.25) is 0 Å². The van der Waals surface area contributed by atoms with Gasteiger partial charge in [-0.2, -0.15) is 0 Å². The summed E-state index contributed by atoms with van der Waals surface area (Å²) >= 11 is 0. The topological polar surface area (TPSA) is 73.4 Å². The van der Waals surface area contributed by atoms with E-state index in [1.165, 1.54) is 7.11 Å². The molecule has 0 aliphatic rings. The molecule has 0 spiro atoms. The van der Waals surface area contributed by atoms with Crippen LogP contribution in [0.25, 0.3) is 22.6 Å². The van der Waals surface area contributed by atoms with Crippen molar-refractivity contribution in [2.45, 2.75) is 6.54 Å². The quantitative estimate of drug-likeness (QED) is 0.405. The highest BCUT2D eigenvalue weighted by atomic mass is 16.5. The van der Waals surface area contributed by atoms with E-state index >= 15 is 0 Å². The Kier molecular flexibility index (Phi) is 5.13. The van der Waals surface area contributed by atoms with Crippen LogP contribution in [0.15, 0.2) is 91.6 Å². The van der Waals surface area contributed by atoms with Crippen molar-refractivity contribution in [3.05, 3.63) is 103 Å². The summed E-state index contributed by atoms with van der Waals surface area (Å²) in [5.74, 6) is 0.422. The molecule has 0 atom stereocenters. The molecule has 0 aliphatic heterocycles. The Hall–Kier alpha value is -4.39. The maximum absolute atomic E-state index is 12.1. The number of benzene rings is 2. The maximum Gasteiger partial charge on any atom is 0.339 e. The lowest BCUT2D eigenvalue weighted by Gasteiger charge is -2.10. The lowest BCUT2D eigenvalue weighted by molar-refractivity contribution is 0.0600. The van der Waals surface area contributed by atoms with Gasteiger partial charge in [0.15, 0.2) is 0 Å². The highest BCUT2D eigenvalue weighted by molar-refractivity contribution is 5.90. The lowest BCUT2D eigenvalue weighted by Crippen LogP contribution is -2.06. The number of hydrogen-bond acceptors (Lipinski definition) is 5. The van der Waals surface area contributed by atoms with Gasteiger partial charge >= 0.3 is 5.97 Å². The van der Waals surface area contributed by atoms with Crippen LogP contribution < -0.4 is 5.32 Å². The van der Waals surface area contributed by atoms with Gasteiger partial charge in [-0.1, -0.05) is 42.5 Å². The van der Waals surface area contributed by atoms with E-state index in [0.29, 0.717) is 12.1 Å². The third-order valence-electron chi connectivity index (χ3n) is 5.29. The molecule has 32 heavy (non-hydrogen) atoms. The van der Waals surface area contributed by atoms with Gasteiger partial charge in [-0.25, -0.2) is 14.8 Å². The zero-order chi connectivity index (χ0) is 21.9. The molecule has 0 amide bonds. The number of anilines is 1. The normalized spacial score (nSPS) is 10.9. The van der Waals surface area contributed by atoms with Gasteiger partial charge in [-0.05, 0) is 29.8 Å². The molecule has 0 fully saturated rings. The van der Waals surface area contributed by atoms with Gasteiger partial charge in [-0.15, -0.1) is 0 Å². The number of nitrogens with zero attached hydrogens (tertiary/aromatic N) is 4. The number of imidazole rings is 2. The molecular weight excluding hydrogens is 402 g/mol. The van der Waals surface area contributed by atoms with Gasteiger partial charge in [-0.3, -0.25) is 4.40 Å². The van der Waals surface area contributed by atoms with Crippen molar-refractivity contribution in [1.29, 1.82) is 0 Å². The molecule has 0 aliphatic carbocycles. The van der Waals surface area contributed by atoms with E-state index in [0.717, 1.165) is 34.0 Å². The van der Waals surface area contributed by atoms with E-state index in [1.54, 1.807) is 24.8 Å². The molecule has 1 N–H and O–H groups in total. The molecule has 0 unspecified atom stereocenters. The second kappa shape index (κ2) is 8.39. The van der Waals surface area contributed by atoms with Crippen LogP contribution in [0.4, 0.5) is 5.82 Å². The fraction of sp³-hybridized carbons (Fsp3) is 0.0800. The van der Waals surface area contributed by atoms with Crippen molar-refractivity contribution >= 4 is 17.4 Å². The molecule has 0 saturated heterocycles. The number of fused-ring (bicyclic) bond motifs is 1. The number of pyridine rings is 1. The first-order chi connectivity index (χ1) is 15.7. The number of nitrogens with one attached hydrogen (secondary N) is 1. The largest absolute Gasteiger partial charge is 0.465 e. The summed E-state index contributed by atoms with van der Waals surface area (Å²) in [6, 6.07) is 21.8. The zero-order valence-electron chi connectivity index (χ0n) is 17.5. The van der Waals surface area contributed by atoms with E-state index in [1.807, 2.05) is 63.7 Å². The number of carbonyl (C=O) groups excluding carboxylic acids is 1. The van der Waals surface area contributed by atoms with Gasteiger partial charge in [0.25, 0.3) is 0 Å². The molecule has 5 aromatic rings. The predicted octanol–water partition coefficient (Wildman–Crippen LogP) is 4.59. The SMILES string of the molecule is COC(=O)c1ccc2nc(-c3ccc(-n4ccnc4)cc3)c(NCc3ccccc3)n2c1. The highest BCUT2D eigenvalue weighted by Gasteiger charge is 2.16. The Morgan fingerprint density at radius 2 is 1.84 bits per heavy atom. The average molecular weight is 423 g/mol. The molecule has 0 bridgehead atoms. The van der Waals surface area contributed by atoms with Crippen LogP contribution in [0, 0.1) is 0 Å². The highest BCUT2D eigenvalue weighted by Crippen LogP contribution is 2.30. The number of aromatic nitrogens is 4. The van der Waals surface area contributed by atoms with Crippen molar-refractivity contribution in [2.24, 2.45) is 0 Å². The fourth-order valence-electron chi connectivity index (χ4n) is 3.64. The van der Waals surface area contributed by atoms with Crippen molar-refractivity contribution in [3.63, 3.8) is 0 Å². The Balaban J connectivity index is 1.58. The van der Waals surface area contributed by atoms with Gasteiger partial charge in [0.2, 0.25) is 0 Å². The van der Waals surface area contributed by atoms with Gasteiger partial charge in [0, 0.05) is 36.4 Å². The summed E-state index contributed by atoms with van der Waals surface area (Å²) in [4.78, 5) is 21.0. The van der Waals surface area contributed by atoms with E-state index in [2.05, 4.69) is 22.4 Å². The molecule has 2 aromatic carbocycles. The molecule has 3 aromatic heterocycles. The predicted molar refractivity (Wildman–Crippen MR) is 123 cm³/mol. The van der Waals surface area contributed by atoms with Crippen LogP contribution in [0.3, 0.4) is 0 Å². The minimum atomic E-state index is -0.388. The fourth-order valence-corrected chi connectivity index (χ4v) is 3.64. The second-order valence-corrected chi connectivity index (χ2v) is 7.30. The van der Waals surface area contributed by atoms with E-state index in [4.69, 9.17) is 9.72 Å². The number of methoxy groups -OCH3 is 1. The average Bonchev–Trinajstić information content (AvgIpc) is 3.51. The zero-order valence-corrected chi connectivity index (χ0v) is 17.5. The molecule has 0 radical (unpaired) electrons. The van der Waals surface area contributed by atoms with Gasteiger partial charge in [0.05, 0.1) is 19.0 Å². The second-order valence-electron chi connectivity index (χ2n) is 7.30. The lowest BCUT2D eigenvalue weighted by atomic mass is 10.1. The van der Waals surface area contributed by atoms with Gasteiger partial charge in [0.1, 0.15) is 17.2 Å². The summed E-state index contributed by atoms with van der Waals surface area (Å²) in [7, 11) is 1.38. The Bertz CT molecular complexity index is 1360. The molecule has 7 nitrogen and oxygen atoms in total. The van der Waals surface area contributed by atoms with Crippen molar-refractivity contribution in [1.82, 2.24) is 18.9 Å². The van der Waals surface area contributed by atoms with Crippen LogP contribution in [-0.4, -0.2) is 32.0 Å². The number of esters is 1. The number of rotatable bonds is 6. The molecule has 158 valence electrons. The maximum atomic E-state index is 12.1. The van der Waals surface area contributed by atoms with Crippen LogP contribution in [0.5, 0.6) is 0 Å². The summed E-state index contributed by atoms with van der Waals surface area (Å²) in [5, 5.41) is 3.51. The number of ether oxygens (including phenoxy) is 1. The minimum Gasteiger partial charge on any atom is -0.465 e. The number of hydrogen-bond donors (Lipinski definition) is 1. The van der Waals surface area contributed by atoms with E-state index < -0.39 is 0 Å². The number of carbonyl (C=O) groups is 1. The Morgan fingerprint density at radius 1 is 1.03 bits per heavy atom. The molecule has 0 saturated carbocycles. The summed E-state index contributed by atoms with van der Waals surface area (Å²) in [5.41, 5.74) is 5.13. The van der Waals surface area contributed by atoms with Crippen LogP contribution in [-0.2, 0) is 11.3 Å². The summed E-state index contributed by atoms with van der Waals surface area (Å²) < 4.78 is 8.74. The van der Waals surface area contributed by atoms with Crippen molar-refractivity contribution in [2.75, 3.05) is 12.4 Å². The first-order valence-electron chi connectivity index (χ1n) is 10.2. The minimum absolute atomic E-state index is 0.388. The molecule has 3 heterocycles. The monoisotopic (exact) mass is 423 g/mol. The third-order valence-corrected chi connectivity index (χ3v) is 5.29. The van der Waals surface area contributed by atoms with E-state index in [9.17, 15) is 4.79 Å². The smallest absolute Gasteiger partial charge is 0.339 e. The third kappa shape index (κ3) is 3.72. The van der Waals surface area contributed by atoms with Crippen LogP contribution in [0.1, 0.15) is 15.9 Å². The Morgan fingerprint density at radius 3 is 2.56 bits per heavy atom. The Labute approximate surface area is 184 Å². The van der Waals surface area contributed by atoms with E-state index in [-0.39, 0.29) is 5.97 Å². The van der Waals surface area contributed by atoms with Crippen molar-refractivity contribution in [3.8, 4) is 16.9 Å². The molecule has 7 heteroatoms. The van der Waals surface area contributed by atoms with Crippen molar-refractivity contribution < 1.29 is 9.53 Å². The van der Waals surface area contributed by atoms with Crippen LogP contribution >= 0.6 is 0 Å². The first kappa shape index (κ1) is 19.6. The first-order valence-corrected chi connectivity index (χ1v) is 10.2. The molecular formula is C25H21N5O2. The standard InChI is InChI=1S/C25H21N5O2/c1-32-25(31)20-9-12-22-28-23(19-7-10-21(11-8-19)29-14-13-26-17-29)24(30(22)16-20)27-15-18-5-3-2-4-6-18/h2-14,16-17,27H,15H2,1H3. The van der Waals surface area contributed by atoms with Gasteiger partial charge < -0.3 is 14.6 Å². The summed E-state index contributed by atoms with van der Waals surface area (Å²) in [6.45, 7) is 0.622. The molecule has 5 rings (SSSR count). The summed E-state index contributed by atoms with van der Waals surface area (Å²) in [6.07, 6.45) is 7.17.